The number of benzene rings is 2. The Bertz CT molecular complexity index is 873. The summed E-state index contributed by atoms with van der Waals surface area (Å²) < 4.78 is 13.2. The average Bonchev–Trinajstić information content (AvgIpc) is 2.59. The molecule has 0 aliphatic carbocycles. The maximum atomic E-state index is 13.2. The Hall–Kier alpha value is -2.37. The van der Waals surface area contributed by atoms with E-state index in [0.29, 0.717) is 24.0 Å². The van der Waals surface area contributed by atoms with Crippen molar-refractivity contribution in [2.45, 2.75) is 6.42 Å². The highest BCUT2D eigenvalue weighted by Gasteiger charge is 2.04. The van der Waals surface area contributed by atoms with E-state index in [9.17, 15) is 4.39 Å². The molecule has 2 aromatic carbocycles. The van der Waals surface area contributed by atoms with E-state index in [1.165, 1.54) is 12.1 Å². The number of hydrogen-bond donors (Lipinski definition) is 2. The van der Waals surface area contributed by atoms with Crippen LogP contribution in [-0.4, -0.2) is 16.5 Å². The first kappa shape index (κ1) is 17.5. The van der Waals surface area contributed by atoms with Crippen LogP contribution >= 0.6 is 23.2 Å². The number of aromatic nitrogens is 2. The predicted octanol–water partition coefficient (Wildman–Crippen LogP) is 5.32. The van der Waals surface area contributed by atoms with Gasteiger partial charge in [0, 0.05) is 23.5 Å². The van der Waals surface area contributed by atoms with Crippen LogP contribution in [0, 0.1) is 5.82 Å². The van der Waals surface area contributed by atoms with Gasteiger partial charge in [-0.1, -0.05) is 35.3 Å². The minimum absolute atomic E-state index is 0.0424. The third kappa shape index (κ3) is 5.05. The van der Waals surface area contributed by atoms with Gasteiger partial charge in [-0.3, -0.25) is 0 Å². The molecule has 0 fully saturated rings. The minimum atomic E-state index is -0.468. The van der Waals surface area contributed by atoms with Gasteiger partial charge in [-0.15, -0.1) is 0 Å². The van der Waals surface area contributed by atoms with Crippen LogP contribution in [0.5, 0.6) is 0 Å². The van der Waals surface area contributed by atoms with Crippen molar-refractivity contribution >= 4 is 40.7 Å². The van der Waals surface area contributed by atoms with Crippen LogP contribution in [0.3, 0.4) is 0 Å². The zero-order valence-corrected chi connectivity index (χ0v) is 14.7. The van der Waals surface area contributed by atoms with Crippen LogP contribution in [-0.2, 0) is 6.42 Å². The summed E-state index contributed by atoms with van der Waals surface area (Å²) in [6.07, 6.45) is 2.46. The fraction of sp³-hybridized carbons (Fsp3) is 0.111. The lowest BCUT2D eigenvalue weighted by atomic mass is 10.1. The minimum Gasteiger partial charge on any atom is -0.370 e. The summed E-state index contributed by atoms with van der Waals surface area (Å²) in [7, 11) is 0. The maximum absolute atomic E-state index is 13.2. The summed E-state index contributed by atoms with van der Waals surface area (Å²) in [6.45, 7) is 0.708. The number of rotatable bonds is 6. The van der Waals surface area contributed by atoms with Crippen molar-refractivity contribution in [1.82, 2.24) is 9.97 Å². The maximum Gasteiger partial charge on any atom is 0.229 e. The molecule has 3 rings (SSSR count). The SMILES string of the molecule is Fc1ccc(Nc2nccc(NCCc3cccc(Cl)c3)n2)cc1Cl. The highest BCUT2D eigenvalue weighted by molar-refractivity contribution is 6.31. The molecule has 1 aromatic heterocycles. The number of halogens is 3. The van der Waals surface area contributed by atoms with E-state index in [1.54, 1.807) is 18.3 Å². The summed E-state index contributed by atoms with van der Waals surface area (Å²) in [4.78, 5) is 8.52. The first-order chi connectivity index (χ1) is 12.1. The summed E-state index contributed by atoms with van der Waals surface area (Å²) >= 11 is 11.7. The predicted molar refractivity (Wildman–Crippen MR) is 100 cm³/mol. The Balaban J connectivity index is 1.60. The van der Waals surface area contributed by atoms with Crippen molar-refractivity contribution < 1.29 is 4.39 Å². The van der Waals surface area contributed by atoms with Crippen LogP contribution < -0.4 is 10.6 Å². The third-order valence-electron chi connectivity index (χ3n) is 3.44. The largest absolute Gasteiger partial charge is 0.370 e. The molecule has 25 heavy (non-hydrogen) atoms. The molecule has 3 aromatic rings. The third-order valence-corrected chi connectivity index (χ3v) is 3.96. The van der Waals surface area contributed by atoms with Crippen LogP contribution in [0.25, 0.3) is 0 Å². The number of hydrogen-bond acceptors (Lipinski definition) is 4. The Kier molecular flexibility index (Phi) is 5.68. The molecule has 0 spiro atoms. The molecule has 0 unspecified atom stereocenters. The second-order valence-corrected chi connectivity index (χ2v) is 6.17. The fourth-order valence-electron chi connectivity index (χ4n) is 2.25. The number of anilines is 3. The lowest BCUT2D eigenvalue weighted by molar-refractivity contribution is 0.628. The van der Waals surface area contributed by atoms with E-state index in [1.807, 2.05) is 24.3 Å². The van der Waals surface area contributed by atoms with Crippen LogP contribution in [0.1, 0.15) is 5.56 Å². The molecular formula is C18H15Cl2FN4. The smallest absolute Gasteiger partial charge is 0.229 e. The van der Waals surface area contributed by atoms with Gasteiger partial charge in [0.2, 0.25) is 5.95 Å². The van der Waals surface area contributed by atoms with Gasteiger partial charge in [0.25, 0.3) is 0 Å². The van der Waals surface area contributed by atoms with Crippen molar-refractivity contribution in [1.29, 1.82) is 0 Å². The van der Waals surface area contributed by atoms with Crippen molar-refractivity contribution in [3.8, 4) is 0 Å². The van der Waals surface area contributed by atoms with Crippen molar-refractivity contribution in [2.24, 2.45) is 0 Å². The van der Waals surface area contributed by atoms with Gasteiger partial charge in [-0.25, -0.2) is 9.37 Å². The van der Waals surface area contributed by atoms with Gasteiger partial charge in [-0.2, -0.15) is 4.98 Å². The van der Waals surface area contributed by atoms with E-state index in [4.69, 9.17) is 23.2 Å². The van der Waals surface area contributed by atoms with Crippen molar-refractivity contribution in [2.75, 3.05) is 17.2 Å². The molecular weight excluding hydrogens is 362 g/mol. The molecule has 2 N–H and O–H groups in total. The van der Waals surface area contributed by atoms with Crippen LogP contribution in [0.15, 0.2) is 54.7 Å². The zero-order chi connectivity index (χ0) is 17.6. The quantitative estimate of drug-likeness (QED) is 0.610. The van der Waals surface area contributed by atoms with Gasteiger partial charge >= 0.3 is 0 Å². The second-order valence-electron chi connectivity index (χ2n) is 5.33. The summed E-state index contributed by atoms with van der Waals surface area (Å²) in [6, 6.07) is 13.9. The molecule has 0 bridgehead atoms. The normalized spacial score (nSPS) is 10.5. The fourth-order valence-corrected chi connectivity index (χ4v) is 2.64. The van der Waals surface area contributed by atoms with Gasteiger partial charge in [0.15, 0.2) is 0 Å². The summed E-state index contributed by atoms with van der Waals surface area (Å²) in [5.74, 6) is 0.618. The molecule has 0 amide bonds. The number of nitrogens with zero attached hydrogens (tertiary/aromatic N) is 2. The first-order valence-electron chi connectivity index (χ1n) is 7.63. The summed E-state index contributed by atoms with van der Waals surface area (Å²) in [5.41, 5.74) is 1.76. The van der Waals surface area contributed by atoms with E-state index in [2.05, 4.69) is 20.6 Å². The van der Waals surface area contributed by atoms with E-state index >= 15 is 0 Å². The highest BCUT2D eigenvalue weighted by atomic mass is 35.5. The van der Waals surface area contributed by atoms with Crippen molar-refractivity contribution in [3.05, 3.63) is 76.2 Å². The van der Waals surface area contributed by atoms with Gasteiger partial charge < -0.3 is 10.6 Å². The lowest BCUT2D eigenvalue weighted by Crippen LogP contribution is -2.07. The molecule has 0 radical (unpaired) electrons. The standard InChI is InChI=1S/C18H15Cl2FN4/c19-13-3-1-2-12(10-13)6-8-22-17-7-9-23-18(25-17)24-14-4-5-16(21)15(20)11-14/h1-5,7,9-11H,6,8H2,(H2,22,23,24,25). The van der Waals surface area contributed by atoms with Crippen LogP contribution in [0.2, 0.25) is 10.0 Å². The van der Waals surface area contributed by atoms with Crippen molar-refractivity contribution in [3.63, 3.8) is 0 Å². The molecule has 0 aliphatic heterocycles. The topological polar surface area (TPSA) is 49.8 Å². The first-order valence-corrected chi connectivity index (χ1v) is 8.39. The van der Waals surface area contributed by atoms with E-state index in [0.717, 1.165) is 17.0 Å². The van der Waals surface area contributed by atoms with Gasteiger partial charge in [0.05, 0.1) is 5.02 Å². The molecule has 0 aliphatic rings. The molecule has 1 heterocycles. The Morgan fingerprint density at radius 2 is 1.92 bits per heavy atom. The monoisotopic (exact) mass is 376 g/mol. The molecule has 0 atom stereocenters. The van der Waals surface area contributed by atoms with Gasteiger partial charge in [-0.05, 0) is 48.4 Å². The number of nitrogens with one attached hydrogen (secondary N) is 2. The summed E-state index contributed by atoms with van der Waals surface area (Å²) in [5, 5.41) is 7.00. The molecule has 0 saturated carbocycles. The van der Waals surface area contributed by atoms with Crippen LogP contribution in [0.4, 0.5) is 21.8 Å². The molecule has 4 nitrogen and oxygen atoms in total. The average molecular weight is 377 g/mol. The Morgan fingerprint density at radius 3 is 2.72 bits per heavy atom. The Morgan fingerprint density at radius 1 is 1.04 bits per heavy atom. The second kappa shape index (κ2) is 8.14. The van der Waals surface area contributed by atoms with Gasteiger partial charge in [0.1, 0.15) is 11.6 Å². The zero-order valence-electron chi connectivity index (χ0n) is 13.1. The molecule has 0 saturated heterocycles. The highest BCUT2D eigenvalue weighted by Crippen LogP contribution is 2.21. The molecule has 128 valence electrons. The lowest BCUT2D eigenvalue weighted by Gasteiger charge is -2.09. The Labute approximate surface area is 155 Å². The van der Waals surface area contributed by atoms with E-state index in [-0.39, 0.29) is 5.02 Å². The molecule has 7 heteroatoms. The van der Waals surface area contributed by atoms with E-state index < -0.39 is 5.82 Å².